The van der Waals surface area contributed by atoms with Crippen LogP contribution < -0.4 is 21.3 Å². The third kappa shape index (κ3) is 6.36. The number of carbonyl (C=O) groups excluding carboxylic acids is 3. The van der Waals surface area contributed by atoms with Gasteiger partial charge in [0.25, 0.3) is 5.91 Å². The summed E-state index contributed by atoms with van der Waals surface area (Å²) in [5.74, 6) is -1.68. The Morgan fingerprint density at radius 3 is 2.69 bits per heavy atom. The summed E-state index contributed by atoms with van der Waals surface area (Å²) in [7, 11) is 3.82. The number of rotatable bonds is 5. The van der Waals surface area contributed by atoms with Gasteiger partial charge in [0.2, 0.25) is 0 Å². The first kappa shape index (κ1) is 26.4. The van der Waals surface area contributed by atoms with Gasteiger partial charge in [0, 0.05) is 49.6 Å². The van der Waals surface area contributed by atoms with Crippen molar-refractivity contribution in [2.45, 2.75) is 44.3 Å². The first-order valence-corrected chi connectivity index (χ1v) is 13.3. The Labute approximate surface area is 223 Å². The molecular formula is C23H28ClN7O3S2. The zero-order valence-electron chi connectivity index (χ0n) is 20.0. The van der Waals surface area contributed by atoms with Gasteiger partial charge in [-0.1, -0.05) is 23.8 Å². The number of nitrogens with one attached hydrogen (secondary N) is 4. The van der Waals surface area contributed by atoms with E-state index in [1.165, 1.54) is 23.6 Å². The molecule has 2 aliphatic rings. The molecule has 0 saturated heterocycles. The number of pyridine rings is 1. The van der Waals surface area contributed by atoms with E-state index in [0.717, 1.165) is 36.5 Å². The number of aromatic nitrogens is 2. The lowest BCUT2D eigenvalue weighted by atomic mass is 9.82. The van der Waals surface area contributed by atoms with Crippen LogP contribution in [0.15, 0.2) is 18.3 Å². The topological polar surface area (TPSA) is 128 Å². The van der Waals surface area contributed by atoms with Gasteiger partial charge in [-0.05, 0) is 38.4 Å². The van der Waals surface area contributed by atoms with Crippen molar-refractivity contribution < 1.29 is 14.4 Å². The largest absolute Gasteiger partial charge is 0.383 e. The number of carbonyl (C=O) groups is 3. The Kier molecular flexibility index (Phi) is 8.50. The van der Waals surface area contributed by atoms with E-state index >= 15 is 0 Å². The lowest BCUT2D eigenvalue weighted by Gasteiger charge is -2.36. The maximum Gasteiger partial charge on any atom is 0.314 e. The minimum Gasteiger partial charge on any atom is -0.383 e. The molecule has 2 aromatic heterocycles. The number of nitrogens with zero attached hydrogens (tertiary/aromatic N) is 3. The minimum absolute atomic E-state index is 0.0497. The molecule has 1 saturated carbocycles. The minimum atomic E-state index is -0.848. The van der Waals surface area contributed by atoms with E-state index in [1.807, 2.05) is 7.05 Å². The SMILES string of the molecule is CNC(=S)[C@H]1CC[C@H](NC(=O)C(=O)Nc2ccc(Cl)cn2)[C@H](NC(=O)c2nc3c(s2)CN(C)CC3)C1. The number of hydrogen-bond donors (Lipinski definition) is 4. The fourth-order valence-corrected chi connectivity index (χ4v) is 5.87. The van der Waals surface area contributed by atoms with E-state index in [9.17, 15) is 14.4 Å². The summed E-state index contributed by atoms with van der Waals surface area (Å²) in [4.78, 5) is 50.8. The first-order valence-electron chi connectivity index (χ1n) is 11.7. The summed E-state index contributed by atoms with van der Waals surface area (Å²) in [6.45, 7) is 1.68. The number of anilines is 1. The third-order valence-electron chi connectivity index (χ3n) is 6.39. The Morgan fingerprint density at radius 2 is 1.97 bits per heavy atom. The number of halogens is 1. The number of likely N-dealkylation sites (N-methyl/N-ethyl adjacent to an activating group) is 1. The van der Waals surface area contributed by atoms with Crippen LogP contribution >= 0.6 is 35.2 Å². The van der Waals surface area contributed by atoms with Gasteiger partial charge in [0.05, 0.1) is 21.7 Å². The molecule has 0 aromatic carbocycles. The average Bonchev–Trinajstić information content (AvgIpc) is 3.29. The van der Waals surface area contributed by atoms with Gasteiger partial charge in [0.1, 0.15) is 5.82 Å². The van der Waals surface area contributed by atoms with Crippen molar-refractivity contribution in [3.05, 3.63) is 38.9 Å². The summed E-state index contributed by atoms with van der Waals surface area (Å²) >= 11 is 12.7. The standard InChI is InChI=1S/C23H28ClN7O3S2/c1-25-22(35)12-3-5-14(27-19(32)20(33)30-18-6-4-13(24)10-26-18)16(9-12)28-21(34)23-29-15-7-8-31(2)11-17(15)36-23/h4,6,10,12,14,16H,3,5,7-9,11H2,1-2H3,(H,25,35)(H,27,32)(H,28,34)(H,26,30,33)/t12-,14-,16+/m0/s1. The molecule has 0 bridgehead atoms. The maximum atomic E-state index is 13.2. The Hall–Kier alpha value is -2.67. The van der Waals surface area contributed by atoms with Crippen LogP contribution in [0.25, 0.3) is 0 Å². The maximum absolute atomic E-state index is 13.2. The van der Waals surface area contributed by atoms with Gasteiger partial charge in [-0.3, -0.25) is 14.4 Å². The quantitative estimate of drug-likeness (QED) is 0.328. The van der Waals surface area contributed by atoms with Crippen molar-refractivity contribution in [3.8, 4) is 0 Å². The van der Waals surface area contributed by atoms with Crippen LogP contribution in [-0.2, 0) is 22.6 Å². The lowest BCUT2D eigenvalue weighted by Crippen LogP contribution is -2.57. The fraction of sp³-hybridized carbons (Fsp3) is 0.478. The van der Waals surface area contributed by atoms with Gasteiger partial charge < -0.3 is 26.2 Å². The second kappa shape index (κ2) is 11.6. The predicted molar refractivity (Wildman–Crippen MR) is 142 cm³/mol. The number of fused-ring (bicyclic) bond motifs is 1. The molecule has 3 atom stereocenters. The molecule has 13 heteroatoms. The predicted octanol–water partition coefficient (Wildman–Crippen LogP) is 1.75. The van der Waals surface area contributed by atoms with E-state index in [2.05, 4.69) is 36.1 Å². The summed E-state index contributed by atoms with van der Waals surface area (Å²) in [6.07, 6.45) is 3.99. The zero-order valence-corrected chi connectivity index (χ0v) is 22.4. The van der Waals surface area contributed by atoms with Crippen molar-refractivity contribution in [2.24, 2.45) is 5.92 Å². The molecule has 3 heterocycles. The van der Waals surface area contributed by atoms with Gasteiger partial charge in [-0.2, -0.15) is 0 Å². The summed E-state index contributed by atoms with van der Waals surface area (Å²) in [5, 5.41) is 12.1. The van der Waals surface area contributed by atoms with Crippen LogP contribution in [0.1, 0.15) is 39.6 Å². The van der Waals surface area contributed by atoms with E-state index < -0.39 is 23.9 Å². The number of thiazole rings is 1. The van der Waals surface area contributed by atoms with Crippen LogP contribution in [0.4, 0.5) is 5.82 Å². The molecule has 3 amide bonds. The highest BCUT2D eigenvalue weighted by Crippen LogP contribution is 2.28. The molecule has 0 radical (unpaired) electrons. The van der Waals surface area contributed by atoms with E-state index in [4.69, 9.17) is 23.8 Å². The highest BCUT2D eigenvalue weighted by atomic mass is 35.5. The van der Waals surface area contributed by atoms with Crippen LogP contribution in [-0.4, -0.2) is 70.3 Å². The van der Waals surface area contributed by atoms with E-state index in [0.29, 0.717) is 27.9 Å². The normalized spacial score (nSPS) is 21.7. The Bertz CT molecular complexity index is 1160. The molecule has 10 nitrogen and oxygen atoms in total. The summed E-state index contributed by atoms with van der Waals surface area (Å²) < 4.78 is 0. The highest BCUT2D eigenvalue weighted by molar-refractivity contribution is 7.80. The smallest absolute Gasteiger partial charge is 0.314 e. The molecule has 1 aliphatic heterocycles. The highest BCUT2D eigenvalue weighted by Gasteiger charge is 2.36. The number of thiocarbonyl (C=S) groups is 1. The van der Waals surface area contributed by atoms with Crippen LogP contribution in [0.2, 0.25) is 5.02 Å². The zero-order chi connectivity index (χ0) is 25.8. The second-order valence-electron chi connectivity index (χ2n) is 8.98. The monoisotopic (exact) mass is 549 g/mol. The second-order valence-corrected chi connectivity index (χ2v) is 10.9. The summed E-state index contributed by atoms with van der Waals surface area (Å²) in [6, 6.07) is 2.21. The van der Waals surface area contributed by atoms with E-state index in [-0.39, 0.29) is 17.6 Å². The number of amides is 3. The van der Waals surface area contributed by atoms with Crippen molar-refractivity contribution in [2.75, 3.05) is 26.0 Å². The molecule has 0 spiro atoms. The molecule has 4 rings (SSSR count). The van der Waals surface area contributed by atoms with Crippen LogP contribution in [0.5, 0.6) is 0 Å². The fourth-order valence-electron chi connectivity index (χ4n) is 4.45. The summed E-state index contributed by atoms with van der Waals surface area (Å²) in [5.41, 5.74) is 0.971. The van der Waals surface area contributed by atoms with Crippen molar-refractivity contribution in [1.82, 2.24) is 30.8 Å². The molecule has 36 heavy (non-hydrogen) atoms. The molecule has 4 N–H and O–H groups in total. The van der Waals surface area contributed by atoms with Gasteiger partial charge >= 0.3 is 11.8 Å². The van der Waals surface area contributed by atoms with Crippen molar-refractivity contribution >= 4 is 63.7 Å². The van der Waals surface area contributed by atoms with Gasteiger partial charge in [-0.25, -0.2) is 9.97 Å². The third-order valence-corrected chi connectivity index (χ3v) is 8.23. The van der Waals surface area contributed by atoms with Gasteiger partial charge in [-0.15, -0.1) is 11.3 Å². The molecule has 0 unspecified atom stereocenters. The van der Waals surface area contributed by atoms with Crippen LogP contribution in [0, 0.1) is 5.92 Å². The van der Waals surface area contributed by atoms with Crippen molar-refractivity contribution in [3.63, 3.8) is 0 Å². The molecular weight excluding hydrogens is 522 g/mol. The first-order chi connectivity index (χ1) is 17.2. The van der Waals surface area contributed by atoms with E-state index in [1.54, 1.807) is 13.1 Å². The average molecular weight is 550 g/mol. The Morgan fingerprint density at radius 1 is 1.17 bits per heavy atom. The van der Waals surface area contributed by atoms with Gasteiger partial charge in [0.15, 0.2) is 5.01 Å². The Balaban J connectivity index is 1.44. The molecule has 2 aromatic rings. The molecule has 1 aliphatic carbocycles. The molecule has 192 valence electrons. The van der Waals surface area contributed by atoms with Crippen LogP contribution in [0.3, 0.4) is 0 Å². The molecule has 1 fully saturated rings. The lowest BCUT2D eigenvalue weighted by molar-refractivity contribution is -0.136. The van der Waals surface area contributed by atoms with Crippen molar-refractivity contribution in [1.29, 1.82) is 0 Å². The number of hydrogen-bond acceptors (Lipinski definition) is 8.